The van der Waals surface area contributed by atoms with Gasteiger partial charge in [0.15, 0.2) is 0 Å². The van der Waals surface area contributed by atoms with E-state index in [-0.39, 0.29) is 7.43 Å². The Labute approximate surface area is 62.0 Å². The van der Waals surface area contributed by atoms with Crippen molar-refractivity contribution in [3.8, 4) is 0 Å². The summed E-state index contributed by atoms with van der Waals surface area (Å²) >= 11 is 0. The summed E-state index contributed by atoms with van der Waals surface area (Å²) in [4.78, 5) is 0. The van der Waals surface area contributed by atoms with Crippen molar-refractivity contribution in [2.45, 2.75) is 49.0 Å². The van der Waals surface area contributed by atoms with Gasteiger partial charge in [-0.05, 0) is 13.8 Å². The first kappa shape index (κ1) is 23.3. The van der Waals surface area contributed by atoms with Crippen LogP contribution in [0.25, 0.3) is 0 Å². The van der Waals surface area contributed by atoms with E-state index >= 15 is 0 Å². The molecule has 0 heteroatoms. The average Bonchev–Trinajstić information content (AvgIpc) is 1.75. The fourth-order valence-electron chi connectivity index (χ4n) is 0. The van der Waals surface area contributed by atoms with Crippen LogP contribution in [-0.2, 0) is 0 Å². The maximum atomic E-state index is 3.56. The SMILES string of the molecule is C.C=C(C)C.CC.CC. The lowest BCUT2D eigenvalue weighted by Crippen LogP contribution is -1.43. The zero-order valence-corrected chi connectivity index (χ0v) is 7.21. The number of hydrogen-bond donors (Lipinski definition) is 0. The molecule has 60 valence electrons. The summed E-state index contributed by atoms with van der Waals surface area (Å²) in [6.07, 6.45) is 0. The number of allylic oxidation sites excluding steroid dienone is 1. The van der Waals surface area contributed by atoms with Gasteiger partial charge in [-0.3, -0.25) is 0 Å². The van der Waals surface area contributed by atoms with Gasteiger partial charge in [-0.2, -0.15) is 0 Å². The molecule has 0 heterocycles. The fraction of sp³-hybridized carbons (Fsp3) is 0.778. The highest BCUT2D eigenvalue weighted by Crippen LogP contribution is 1.73. The van der Waals surface area contributed by atoms with Crippen molar-refractivity contribution in [1.82, 2.24) is 0 Å². The topological polar surface area (TPSA) is 0 Å². The van der Waals surface area contributed by atoms with Crippen LogP contribution in [0, 0.1) is 0 Å². The van der Waals surface area contributed by atoms with Crippen molar-refractivity contribution in [1.29, 1.82) is 0 Å². The Bertz CT molecular complexity index is 23.0. The molecule has 0 saturated heterocycles. The highest BCUT2D eigenvalue weighted by atomic mass is 13.6. The molecule has 0 N–H and O–H groups in total. The molecule has 0 aromatic heterocycles. The van der Waals surface area contributed by atoms with Gasteiger partial charge in [0.2, 0.25) is 0 Å². The molecule has 0 aliphatic carbocycles. The molecule has 0 rings (SSSR count). The van der Waals surface area contributed by atoms with Crippen LogP contribution in [0.5, 0.6) is 0 Å². The second-order valence-electron chi connectivity index (χ2n) is 1.21. The van der Waals surface area contributed by atoms with E-state index in [1.54, 1.807) is 0 Å². The van der Waals surface area contributed by atoms with Gasteiger partial charge in [-0.15, -0.1) is 6.58 Å². The van der Waals surface area contributed by atoms with Gasteiger partial charge in [-0.25, -0.2) is 0 Å². The summed E-state index contributed by atoms with van der Waals surface area (Å²) in [6.45, 7) is 15.5. The molecule has 0 aromatic carbocycles. The Kier molecular flexibility index (Phi) is 121. The van der Waals surface area contributed by atoms with Crippen LogP contribution in [0.1, 0.15) is 49.0 Å². The summed E-state index contributed by atoms with van der Waals surface area (Å²) in [5.74, 6) is 0. The van der Waals surface area contributed by atoms with Gasteiger partial charge in [0.05, 0.1) is 0 Å². The van der Waals surface area contributed by atoms with Gasteiger partial charge in [-0.1, -0.05) is 40.7 Å². The molecule has 9 heavy (non-hydrogen) atoms. The molecule has 0 amide bonds. The first-order valence-electron chi connectivity index (χ1n) is 3.35. The summed E-state index contributed by atoms with van der Waals surface area (Å²) in [5, 5.41) is 0. The van der Waals surface area contributed by atoms with E-state index in [9.17, 15) is 0 Å². The lowest BCUT2D eigenvalue weighted by Gasteiger charge is -1.65. The lowest BCUT2D eigenvalue weighted by molar-refractivity contribution is 1.42. The maximum Gasteiger partial charge on any atom is -0.0445 e. The van der Waals surface area contributed by atoms with Gasteiger partial charge < -0.3 is 0 Å². The Hall–Kier alpha value is -0.260. The van der Waals surface area contributed by atoms with Crippen LogP contribution in [0.3, 0.4) is 0 Å². The molecule has 0 unspecified atom stereocenters. The minimum absolute atomic E-state index is 0. The van der Waals surface area contributed by atoms with Crippen molar-refractivity contribution >= 4 is 0 Å². The number of rotatable bonds is 0. The van der Waals surface area contributed by atoms with Crippen LogP contribution >= 0.6 is 0 Å². The second-order valence-corrected chi connectivity index (χ2v) is 1.21. The van der Waals surface area contributed by atoms with Gasteiger partial charge in [0.25, 0.3) is 0 Å². The lowest BCUT2D eigenvalue weighted by atomic mass is 10.4. The molecule has 0 spiro atoms. The van der Waals surface area contributed by atoms with Crippen LogP contribution in [-0.4, -0.2) is 0 Å². The third-order valence-electron chi connectivity index (χ3n) is 0. The Morgan fingerprint density at radius 1 is 0.889 bits per heavy atom. The molecule has 0 bridgehead atoms. The highest BCUT2D eigenvalue weighted by Gasteiger charge is 1.51. The largest absolute Gasteiger partial charge is 0.100 e. The third kappa shape index (κ3) is 3770. The molecule has 0 aliphatic rings. The Balaban J connectivity index is -0.0000000221. The van der Waals surface area contributed by atoms with Gasteiger partial charge >= 0.3 is 0 Å². The predicted molar refractivity (Wildman–Crippen MR) is 49.9 cm³/mol. The van der Waals surface area contributed by atoms with E-state index in [4.69, 9.17) is 0 Å². The van der Waals surface area contributed by atoms with E-state index in [2.05, 4.69) is 6.58 Å². The van der Waals surface area contributed by atoms with Crippen molar-refractivity contribution in [2.24, 2.45) is 0 Å². The summed E-state index contributed by atoms with van der Waals surface area (Å²) in [5.41, 5.74) is 1.17. The first-order valence-corrected chi connectivity index (χ1v) is 3.35. The molecular weight excluding hydrogens is 108 g/mol. The van der Waals surface area contributed by atoms with E-state index < -0.39 is 0 Å². The normalized spacial score (nSPS) is 4.22. The van der Waals surface area contributed by atoms with Crippen LogP contribution < -0.4 is 0 Å². The minimum Gasteiger partial charge on any atom is -0.100 e. The molecule has 0 atom stereocenters. The van der Waals surface area contributed by atoms with E-state index in [1.165, 1.54) is 5.57 Å². The standard InChI is InChI=1S/C4H8.2C2H6.CH4/c1-4(2)3;2*1-2;/h1H2,2-3H3;2*1-2H3;1H4. The van der Waals surface area contributed by atoms with Crippen LogP contribution in [0.4, 0.5) is 0 Å². The molecule has 0 aliphatic heterocycles. The molecule has 0 aromatic rings. The van der Waals surface area contributed by atoms with Crippen molar-refractivity contribution in [3.63, 3.8) is 0 Å². The Morgan fingerprint density at radius 3 is 0.889 bits per heavy atom. The summed E-state index contributed by atoms with van der Waals surface area (Å²) in [6, 6.07) is 0. The molecular formula is C9H24. The van der Waals surface area contributed by atoms with E-state index in [1.807, 2.05) is 41.5 Å². The first-order chi connectivity index (χ1) is 3.73. The van der Waals surface area contributed by atoms with Crippen LogP contribution in [0.15, 0.2) is 12.2 Å². The fourth-order valence-corrected chi connectivity index (χ4v) is 0. The minimum atomic E-state index is 0. The zero-order chi connectivity index (χ0) is 7.58. The number of hydrogen-bond acceptors (Lipinski definition) is 0. The zero-order valence-electron chi connectivity index (χ0n) is 7.21. The summed E-state index contributed by atoms with van der Waals surface area (Å²) in [7, 11) is 0. The summed E-state index contributed by atoms with van der Waals surface area (Å²) < 4.78 is 0. The quantitative estimate of drug-likeness (QED) is 0.432. The molecule has 0 fully saturated rings. The van der Waals surface area contributed by atoms with Gasteiger partial charge in [0.1, 0.15) is 0 Å². The molecule has 0 saturated carbocycles. The van der Waals surface area contributed by atoms with E-state index in [0.29, 0.717) is 0 Å². The maximum absolute atomic E-state index is 3.56. The van der Waals surface area contributed by atoms with Crippen LogP contribution in [0.2, 0.25) is 0 Å². The van der Waals surface area contributed by atoms with Gasteiger partial charge in [0, 0.05) is 0 Å². The highest BCUT2D eigenvalue weighted by molar-refractivity contribution is 4.78. The Morgan fingerprint density at radius 2 is 0.889 bits per heavy atom. The third-order valence-corrected chi connectivity index (χ3v) is 0. The average molecular weight is 132 g/mol. The molecule has 0 radical (unpaired) electrons. The monoisotopic (exact) mass is 132 g/mol. The van der Waals surface area contributed by atoms with E-state index in [0.717, 1.165) is 0 Å². The molecule has 0 nitrogen and oxygen atoms in total. The smallest absolute Gasteiger partial charge is 0.0445 e. The van der Waals surface area contributed by atoms with Crippen molar-refractivity contribution in [3.05, 3.63) is 12.2 Å². The second kappa shape index (κ2) is 46.8. The van der Waals surface area contributed by atoms with Crippen molar-refractivity contribution < 1.29 is 0 Å². The van der Waals surface area contributed by atoms with Crippen molar-refractivity contribution in [2.75, 3.05) is 0 Å². The predicted octanol–water partition coefficient (Wildman–Crippen LogP) is 4.27.